The lowest BCUT2D eigenvalue weighted by Gasteiger charge is -2.39. The van der Waals surface area contributed by atoms with Crippen molar-refractivity contribution in [2.24, 2.45) is 0 Å². The fraction of sp³-hybridized carbons (Fsp3) is 1.00. The molecular formula is C8H23N3Si. The minimum Gasteiger partial charge on any atom is -0.318 e. The second-order valence-corrected chi connectivity index (χ2v) is 6.52. The summed E-state index contributed by atoms with van der Waals surface area (Å²) in [7, 11) is 2.96. The van der Waals surface area contributed by atoms with Crippen LogP contribution in [0.4, 0.5) is 0 Å². The van der Waals surface area contributed by atoms with E-state index in [1.807, 2.05) is 14.1 Å². The summed E-state index contributed by atoms with van der Waals surface area (Å²) in [6, 6.07) is 0. The lowest BCUT2D eigenvalue weighted by Crippen LogP contribution is -2.63. The lowest BCUT2D eigenvalue weighted by molar-refractivity contribution is 0.250. The Bertz CT molecular complexity index is 118. The first-order chi connectivity index (χ1) is 5.47. The Kier molecular flexibility index (Phi) is 5.00. The van der Waals surface area contributed by atoms with Crippen LogP contribution in [0.15, 0.2) is 0 Å². The van der Waals surface area contributed by atoms with Gasteiger partial charge in [0.25, 0.3) is 9.28 Å². The summed E-state index contributed by atoms with van der Waals surface area (Å²) < 4.78 is 2.51. The normalized spacial score (nSPS) is 13.0. The summed E-state index contributed by atoms with van der Waals surface area (Å²) in [5.74, 6) is 0. The highest BCUT2D eigenvalue weighted by Gasteiger charge is 2.26. The Balaban J connectivity index is 4.31. The van der Waals surface area contributed by atoms with Crippen molar-refractivity contribution in [3.63, 3.8) is 0 Å². The van der Waals surface area contributed by atoms with Crippen LogP contribution in [0.2, 0.25) is 0 Å². The molecule has 0 radical (unpaired) electrons. The summed E-state index contributed by atoms with van der Waals surface area (Å²) >= 11 is 0. The Morgan fingerprint density at radius 1 is 1.17 bits per heavy atom. The van der Waals surface area contributed by atoms with Crippen LogP contribution < -0.4 is 9.96 Å². The van der Waals surface area contributed by atoms with Crippen molar-refractivity contribution < 1.29 is 0 Å². The second-order valence-electron chi connectivity index (χ2n) is 3.94. The van der Waals surface area contributed by atoms with E-state index in [9.17, 15) is 0 Å². The predicted octanol–water partition coefficient (Wildman–Crippen LogP) is 0.263. The quantitative estimate of drug-likeness (QED) is 0.621. The van der Waals surface area contributed by atoms with Crippen LogP contribution in [0, 0.1) is 0 Å². The maximum absolute atomic E-state index is 3.36. The van der Waals surface area contributed by atoms with Crippen LogP contribution in [-0.4, -0.2) is 40.0 Å². The molecule has 2 N–H and O–H groups in total. The van der Waals surface area contributed by atoms with Gasteiger partial charge in [0.05, 0.1) is 0 Å². The molecule has 4 heteroatoms. The van der Waals surface area contributed by atoms with Crippen molar-refractivity contribution in [3.8, 4) is 0 Å². The van der Waals surface area contributed by atoms with Gasteiger partial charge in [-0.1, -0.05) is 6.92 Å². The van der Waals surface area contributed by atoms with E-state index in [2.05, 4.69) is 42.2 Å². The van der Waals surface area contributed by atoms with E-state index in [0.717, 1.165) is 6.54 Å². The SMILES string of the molecule is CCN([SiH](NC)NC)C(C)(C)C. The minimum absolute atomic E-state index is 0.262. The molecule has 74 valence electrons. The van der Waals surface area contributed by atoms with Crippen LogP contribution in [0.5, 0.6) is 0 Å². The molecule has 0 atom stereocenters. The van der Waals surface area contributed by atoms with Gasteiger partial charge in [-0.2, -0.15) is 0 Å². The van der Waals surface area contributed by atoms with E-state index in [1.54, 1.807) is 0 Å². The van der Waals surface area contributed by atoms with Crippen LogP contribution in [-0.2, 0) is 0 Å². The average molecular weight is 189 g/mol. The Morgan fingerprint density at radius 3 is 1.67 bits per heavy atom. The molecule has 0 fully saturated rings. The number of nitrogens with one attached hydrogen (secondary N) is 2. The Labute approximate surface area is 78.4 Å². The Hall–Kier alpha value is 0.0969. The number of hydrogen-bond donors (Lipinski definition) is 2. The zero-order valence-corrected chi connectivity index (χ0v) is 10.4. The molecule has 0 spiro atoms. The smallest absolute Gasteiger partial charge is 0.267 e. The molecule has 0 unspecified atom stereocenters. The van der Waals surface area contributed by atoms with Gasteiger partial charge < -0.3 is 9.96 Å². The van der Waals surface area contributed by atoms with E-state index in [-0.39, 0.29) is 5.54 Å². The first kappa shape index (κ1) is 12.1. The fourth-order valence-electron chi connectivity index (χ4n) is 1.50. The third kappa shape index (κ3) is 3.22. The molecule has 0 bridgehead atoms. The zero-order chi connectivity index (χ0) is 9.78. The summed E-state index contributed by atoms with van der Waals surface area (Å²) in [4.78, 5) is 6.73. The van der Waals surface area contributed by atoms with Gasteiger partial charge in [0.15, 0.2) is 0 Å². The molecule has 0 aliphatic carbocycles. The molecule has 0 aromatic rings. The molecular weight excluding hydrogens is 166 g/mol. The third-order valence-corrected chi connectivity index (χ3v) is 4.92. The van der Waals surface area contributed by atoms with Gasteiger partial charge in [0.2, 0.25) is 0 Å². The van der Waals surface area contributed by atoms with Crippen molar-refractivity contribution in [1.29, 1.82) is 0 Å². The Morgan fingerprint density at radius 2 is 1.58 bits per heavy atom. The molecule has 0 heterocycles. The van der Waals surface area contributed by atoms with E-state index in [4.69, 9.17) is 0 Å². The van der Waals surface area contributed by atoms with Crippen LogP contribution >= 0.6 is 0 Å². The van der Waals surface area contributed by atoms with Gasteiger partial charge in [0, 0.05) is 5.54 Å². The van der Waals surface area contributed by atoms with E-state index < -0.39 is 9.28 Å². The van der Waals surface area contributed by atoms with E-state index in [0.29, 0.717) is 0 Å². The van der Waals surface area contributed by atoms with Gasteiger partial charge in [-0.3, -0.25) is 4.57 Å². The van der Waals surface area contributed by atoms with Gasteiger partial charge in [-0.05, 0) is 41.4 Å². The van der Waals surface area contributed by atoms with Crippen molar-refractivity contribution in [2.75, 3.05) is 20.6 Å². The van der Waals surface area contributed by atoms with Gasteiger partial charge in [-0.25, -0.2) is 0 Å². The molecule has 0 saturated heterocycles. The van der Waals surface area contributed by atoms with E-state index in [1.165, 1.54) is 0 Å². The molecule has 0 aromatic carbocycles. The molecule has 0 aliphatic rings. The van der Waals surface area contributed by atoms with Crippen LogP contribution in [0.25, 0.3) is 0 Å². The van der Waals surface area contributed by atoms with Crippen molar-refractivity contribution in [3.05, 3.63) is 0 Å². The third-order valence-electron chi connectivity index (χ3n) is 2.06. The second kappa shape index (κ2) is 4.96. The topological polar surface area (TPSA) is 27.3 Å². The first-order valence-corrected chi connectivity index (χ1v) is 6.25. The zero-order valence-electron chi connectivity index (χ0n) is 9.23. The molecule has 3 nitrogen and oxygen atoms in total. The standard InChI is InChI=1S/C8H23N3Si/c1-7-11(8(2,3)4)12(9-5)10-6/h9-10,12H,7H2,1-6H3. The lowest BCUT2D eigenvalue weighted by atomic mass is 10.1. The maximum Gasteiger partial charge on any atom is 0.267 e. The van der Waals surface area contributed by atoms with Crippen molar-refractivity contribution >= 4 is 9.28 Å². The highest BCUT2D eigenvalue weighted by Crippen LogP contribution is 2.11. The maximum atomic E-state index is 3.36. The first-order valence-electron chi connectivity index (χ1n) is 4.58. The molecule has 0 amide bonds. The number of nitrogens with zero attached hydrogens (tertiary/aromatic N) is 1. The molecule has 0 aliphatic heterocycles. The largest absolute Gasteiger partial charge is 0.318 e. The van der Waals surface area contributed by atoms with Gasteiger partial charge >= 0.3 is 0 Å². The number of hydrogen-bond acceptors (Lipinski definition) is 3. The van der Waals surface area contributed by atoms with Crippen molar-refractivity contribution in [2.45, 2.75) is 33.2 Å². The highest BCUT2D eigenvalue weighted by atomic mass is 28.3. The van der Waals surface area contributed by atoms with Gasteiger partial charge in [-0.15, -0.1) is 0 Å². The molecule has 12 heavy (non-hydrogen) atoms. The van der Waals surface area contributed by atoms with Gasteiger partial charge in [0.1, 0.15) is 0 Å². The fourth-order valence-corrected chi connectivity index (χ4v) is 3.55. The number of rotatable bonds is 4. The predicted molar refractivity (Wildman–Crippen MR) is 57.4 cm³/mol. The average Bonchev–Trinajstić information content (AvgIpc) is 1.97. The monoisotopic (exact) mass is 189 g/mol. The molecule has 0 rings (SSSR count). The summed E-state index contributed by atoms with van der Waals surface area (Å²) in [5.41, 5.74) is 0.262. The molecule has 0 aromatic heterocycles. The summed E-state index contributed by atoms with van der Waals surface area (Å²) in [5, 5.41) is 0. The minimum atomic E-state index is -1.10. The highest BCUT2D eigenvalue weighted by molar-refractivity contribution is 6.50. The summed E-state index contributed by atoms with van der Waals surface area (Å²) in [6.07, 6.45) is 0. The van der Waals surface area contributed by atoms with Crippen LogP contribution in [0.3, 0.4) is 0 Å². The van der Waals surface area contributed by atoms with Crippen LogP contribution in [0.1, 0.15) is 27.7 Å². The molecule has 0 saturated carbocycles. The van der Waals surface area contributed by atoms with Crippen molar-refractivity contribution in [1.82, 2.24) is 14.5 Å². The summed E-state index contributed by atoms with van der Waals surface area (Å²) in [6.45, 7) is 10.1. The van der Waals surface area contributed by atoms with E-state index >= 15 is 0 Å².